The van der Waals surface area contributed by atoms with Crippen LogP contribution < -0.4 is 10.6 Å². The number of nitrogens with zero attached hydrogens (tertiary/aromatic N) is 2. The molecule has 0 radical (unpaired) electrons. The summed E-state index contributed by atoms with van der Waals surface area (Å²) in [6.07, 6.45) is 3.71. The van der Waals surface area contributed by atoms with Crippen LogP contribution in [0.3, 0.4) is 0 Å². The Balaban J connectivity index is 0.00000312. The molecule has 1 aromatic rings. The zero-order valence-electron chi connectivity index (χ0n) is 15.3. The fourth-order valence-electron chi connectivity index (χ4n) is 3.07. The van der Waals surface area contributed by atoms with Gasteiger partial charge in [-0.05, 0) is 37.7 Å². The Morgan fingerprint density at radius 2 is 1.92 bits per heavy atom. The molecule has 140 valence electrons. The van der Waals surface area contributed by atoms with E-state index in [1.54, 1.807) is 7.05 Å². The molecule has 1 heterocycles. The highest BCUT2D eigenvalue weighted by atomic mass is 127. The molecule has 25 heavy (non-hydrogen) atoms. The topological polar surface area (TPSA) is 56.7 Å². The second kappa shape index (κ2) is 12.1. The number of hydrogen-bond acceptors (Lipinski definition) is 2. The van der Waals surface area contributed by atoms with Gasteiger partial charge in [0.2, 0.25) is 5.91 Å². The Morgan fingerprint density at radius 3 is 2.52 bits per heavy atom. The molecule has 0 aliphatic carbocycles. The van der Waals surface area contributed by atoms with Crippen molar-refractivity contribution in [1.29, 1.82) is 0 Å². The van der Waals surface area contributed by atoms with Gasteiger partial charge in [0.1, 0.15) is 0 Å². The van der Waals surface area contributed by atoms with E-state index in [0.29, 0.717) is 12.3 Å². The predicted octanol–water partition coefficient (Wildman–Crippen LogP) is 2.66. The number of aliphatic imine (C=N–C) groups is 1. The molecule has 1 saturated heterocycles. The van der Waals surface area contributed by atoms with Crippen LogP contribution >= 0.6 is 24.0 Å². The number of amides is 1. The fraction of sp³-hybridized carbons (Fsp3) is 0.579. The second-order valence-electron chi connectivity index (χ2n) is 6.28. The average molecular weight is 458 g/mol. The van der Waals surface area contributed by atoms with Crippen LogP contribution in [0, 0.1) is 5.92 Å². The zero-order chi connectivity index (χ0) is 17.2. The molecule has 6 heteroatoms. The van der Waals surface area contributed by atoms with Gasteiger partial charge in [0.15, 0.2) is 5.96 Å². The minimum atomic E-state index is 0. The van der Waals surface area contributed by atoms with Gasteiger partial charge < -0.3 is 15.5 Å². The maximum Gasteiger partial charge on any atom is 0.220 e. The lowest BCUT2D eigenvalue weighted by molar-refractivity contribution is -0.121. The molecule has 1 aliphatic rings. The summed E-state index contributed by atoms with van der Waals surface area (Å²) < 4.78 is 0. The summed E-state index contributed by atoms with van der Waals surface area (Å²) in [7, 11) is 1.71. The Kier molecular flexibility index (Phi) is 10.5. The van der Waals surface area contributed by atoms with E-state index in [2.05, 4.69) is 46.7 Å². The summed E-state index contributed by atoms with van der Waals surface area (Å²) in [4.78, 5) is 18.6. The van der Waals surface area contributed by atoms with Gasteiger partial charge >= 0.3 is 0 Å². The first kappa shape index (κ1) is 21.7. The van der Waals surface area contributed by atoms with Crippen molar-refractivity contribution in [1.82, 2.24) is 15.5 Å². The van der Waals surface area contributed by atoms with E-state index in [1.807, 2.05) is 6.07 Å². The van der Waals surface area contributed by atoms with E-state index in [0.717, 1.165) is 51.4 Å². The highest BCUT2D eigenvalue weighted by Crippen LogP contribution is 2.20. The number of likely N-dealkylation sites (tertiary alicyclic amines) is 1. The Bertz CT molecular complexity index is 527. The molecule has 2 N–H and O–H groups in total. The molecule has 5 nitrogen and oxygen atoms in total. The molecule has 0 bridgehead atoms. The van der Waals surface area contributed by atoms with Gasteiger partial charge in [-0.2, -0.15) is 0 Å². The first-order chi connectivity index (χ1) is 11.7. The number of rotatable bonds is 6. The summed E-state index contributed by atoms with van der Waals surface area (Å²) >= 11 is 0. The van der Waals surface area contributed by atoms with E-state index in [4.69, 9.17) is 4.99 Å². The number of carbonyl (C=O) groups excluding carboxylic acids is 1. The monoisotopic (exact) mass is 458 g/mol. The molecule has 1 fully saturated rings. The lowest BCUT2D eigenvalue weighted by atomic mass is 9.93. The van der Waals surface area contributed by atoms with Crippen LogP contribution in [0.5, 0.6) is 0 Å². The summed E-state index contributed by atoms with van der Waals surface area (Å²) in [5.74, 6) is 1.65. The number of piperidine rings is 1. The summed E-state index contributed by atoms with van der Waals surface area (Å²) in [5, 5.41) is 6.12. The molecule has 0 unspecified atom stereocenters. The molecule has 0 atom stereocenters. The lowest BCUT2D eigenvalue weighted by Crippen LogP contribution is -2.46. The normalized spacial score (nSPS) is 15.4. The molecular weight excluding hydrogens is 427 g/mol. The van der Waals surface area contributed by atoms with Crippen molar-refractivity contribution in [2.75, 3.05) is 33.2 Å². The van der Waals surface area contributed by atoms with Crippen molar-refractivity contribution in [3.05, 3.63) is 35.9 Å². The molecule has 0 aromatic heterocycles. The average Bonchev–Trinajstić information content (AvgIpc) is 2.62. The van der Waals surface area contributed by atoms with Gasteiger partial charge in [0.05, 0.1) is 0 Å². The minimum absolute atomic E-state index is 0. The number of benzene rings is 1. The van der Waals surface area contributed by atoms with Crippen LogP contribution in [0.25, 0.3) is 0 Å². The van der Waals surface area contributed by atoms with E-state index >= 15 is 0 Å². The molecule has 0 spiro atoms. The van der Waals surface area contributed by atoms with Gasteiger partial charge in [-0.1, -0.05) is 30.3 Å². The zero-order valence-corrected chi connectivity index (χ0v) is 17.7. The number of carbonyl (C=O) groups is 1. The van der Waals surface area contributed by atoms with Crippen LogP contribution in [-0.4, -0.2) is 50.0 Å². The third-order valence-electron chi connectivity index (χ3n) is 4.51. The molecule has 0 saturated carbocycles. The molecule has 1 aromatic carbocycles. The Morgan fingerprint density at radius 1 is 1.24 bits per heavy atom. The molecule has 2 rings (SSSR count). The van der Waals surface area contributed by atoms with E-state index in [1.165, 1.54) is 5.56 Å². The third-order valence-corrected chi connectivity index (χ3v) is 4.51. The van der Waals surface area contributed by atoms with E-state index < -0.39 is 0 Å². The molecule has 1 aliphatic heterocycles. The van der Waals surface area contributed by atoms with Gasteiger partial charge in [0.25, 0.3) is 0 Å². The van der Waals surface area contributed by atoms with E-state index in [-0.39, 0.29) is 29.9 Å². The smallest absolute Gasteiger partial charge is 0.220 e. The lowest BCUT2D eigenvalue weighted by Gasteiger charge is -2.34. The van der Waals surface area contributed by atoms with E-state index in [9.17, 15) is 4.79 Å². The van der Waals surface area contributed by atoms with Crippen LogP contribution in [-0.2, 0) is 11.2 Å². The van der Waals surface area contributed by atoms with Crippen LogP contribution in [0.2, 0.25) is 0 Å². The molecule has 1 amide bonds. The van der Waals surface area contributed by atoms with Crippen molar-refractivity contribution >= 4 is 35.8 Å². The van der Waals surface area contributed by atoms with Crippen LogP contribution in [0.4, 0.5) is 0 Å². The number of halogens is 1. The quantitative estimate of drug-likeness (QED) is 0.392. The fourth-order valence-corrected chi connectivity index (χ4v) is 3.07. The Labute approximate surface area is 168 Å². The third kappa shape index (κ3) is 7.63. The maximum absolute atomic E-state index is 11.5. The standard InChI is InChI=1S/C19H30N4O.HI/c1-3-21-19(22-12-9-16-7-5-4-6-8-16)23-13-10-17(11-14-23)15-18(24)20-2;/h4-8,17H,3,9-15H2,1-2H3,(H,20,24)(H,21,22);1H. The SMILES string of the molecule is CCNC(=NCCc1ccccc1)N1CCC(CC(=O)NC)CC1.I. The number of hydrogen-bond donors (Lipinski definition) is 2. The highest BCUT2D eigenvalue weighted by molar-refractivity contribution is 14.0. The first-order valence-electron chi connectivity index (χ1n) is 9.00. The van der Waals surface area contributed by atoms with Crippen molar-refractivity contribution in [2.45, 2.75) is 32.6 Å². The van der Waals surface area contributed by atoms with Gasteiger partial charge in [0, 0.05) is 39.6 Å². The molecular formula is C19H31IN4O. The van der Waals surface area contributed by atoms with Gasteiger partial charge in [-0.15, -0.1) is 24.0 Å². The van der Waals surface area contributed by atoms with Crippen LogP contribution in [0.15, 0.2) is 35.3 Å². The highest BCUT2D eigenvalue weighted by Gasteiger charge is 2.22. The van der Waals surface area contributed by atoms with Crippen molar-refractivity contribution in [2.24, 2.45) is 10.9 Å². The van der Waals surface area contributed by atoms with Gasteiger partial charge in [-0.3, -0.25) is 9.79 Å². The van der Waals surface area contributed by atoms with Crippen molar-refractivity contribution in [3.63, 3.8) is 0 Å². The predicted molar refractivity (Wildman–Crippen MR) is 115 cm³/mol. The largest absolute Gasteiger partial charge is 0.359 e. The van der Waals surface area contributed by atoms with Crippen LogP contribution in [0.1, 0.15) is 31.7 Å². The summed E-state index contributed by atoms with van der Waals surface area (Å²) in [6, 6.07) is 10.5. The van der Waals surface area contributed by atoms with Crippen molar-refractivity contribution in [3.8, 4) is 0 Å². The number of nitrogens with one attached hydrogen (secondary N) is 2. The first-order valence-corrected chi connectivity index (χ1v) is 9.00. The maximum atomic E-state index is 11.5. The second-order valence-corrected chi connectivity index (χ2v) is 6.28. The van der Waals surface area contributed by atoms with Gasteiger partial charge in [-0.25, -0.2) is 0 Å². The minimum Gasteiger partial charge on any atom is -0.359 e. The summed E-state index contributed by atoms with van der Waals surface area (Å²) in [5.41, 5.74) is 1.32. The van der Waals surface area contributed by atoms with Crippen molar-refractivity contribution < 1.29 is 4.79 Å². The number of guanidine groups is 1. The summed E-state index contributed by atoms with van der Waals surface area (Å²) in [6.45, 7) is 5.72. The Hall–Kier alpha value is -1.31.